The summed E-state index contributed by atoms with van der Waals surface area (Å²) in [5, 5.41) is 8.80. The van der Waals surface area contributed by atoms with E-state index < -0.39 is 31.6 Å². The van der Waals surface area contributed by atoms with Crippen LogP contribution in [0.3, 0.4) is 0 Å². The molecule has 0 heterocycles. The Balaban J connectivity index is 1.62. The Bertz CT molecular complexity index is 1170. The number of aldehydes is 1. The van der Waals surface area contributed by atoms with E-state index in [-0.39, 0.29) is 0 Å². The quantitative estimate of drug-likeness (QED) is 0.329. The molecule has 0 aromatic heterocycles. The molecule has 0 aliphatic heterocycles. The molecule has 0 saturated heterocycles. The van der Waals surface area contributed by atoms with Crippen LogP contribution < -0.4 is 5.48 Å². The molecule has 2 aromatic rings. The topological polar surface area (TPSA) is 104 Å². The largest absolute Gasteiger partial charge is 0.501 e. The van der Waals surface area contributed by atoms with E-state index >= 15 is 0 Å². The Morgan fingerprint density at radius 3 is 2.44 bits per heavy atom. The number of fused-ring (bicyclic) bond motifs is 1. The van der Waals surface area contributed by atoms with Crippen LogP contribution in [0.4, 0.5) is 13.2 Å². The molecule has 2 aromatic carbocycles. The first kappa shape index (κ1) is 25.9. The van der Waals surface area contributed by atoms with Gasteiger partial charge in [-0.15, -0.1) is 0 Å². The maximum atomic E-state index is 12.7. The summed E-state index contributed by atoms with van der Waals surface area (Å²) in [6, 6.07) is 9.69. The van der Waals surface area contributed by atoms with E-state index in [0.717, 1.165) is 29.5 Å². The maximum absolute atomic E-state index is 12.7. The van der Waals surface area contributed by atoms with Gasteiger partial charge in [-0.05, 0) is 80.2 Å². The van der Waals surface area contributed by atoms with E-state index in [1.807, 2.05) is 11.9 Å². The van der Waals surface area contributed by atoms with E-state index in [1.165, 1.54) is 12.1 Å². The minimum Gasteiger partial charge on any atom is -0.303 e. The molecule has 11 heteroatoms. The number of amides is 1. The molecule has 0 bridgehead atoms. The molecular formula is C23H25F3N2O5S. The predicted octanol–water partition coefficient (Wildman–Crippen LogP) is 3.30. The normalized spacial score (nSPS) is 18.4. The summed E-state index contributed by atoms with van der Waals surface area (Å²) in [5.41, 5.74) is -1.40. The number of nitrogens with zero attached hydrogens (tertiary/aromatic N) is 1. The Morgan fingerprint density at radius 1 is 1.18 bits per heavy atom. The lowest BCUT2D eigenvalue weighted by atomic mass is 9.70. The smallest absolute Gasteiger partial charge is 0.303 e. The lowest BCUT2D eigenvalue weighted by Gasteiger charge is -2.35. The third-order valence-corrected chi connectivity index (χ3v) is 7.74. The standard InChI is InChI=1S/C23H25F3N2O5S/c1-28(14-16-2-6-20(7-3-16)34(32,33)23(24,25)26)11-10-22(15-29)9-8-17-12-18(21(30)27-31)4-5-19(17)13-22/h2-7,12,15,31H,8-11,13-14H2,1H3,(H,27,30)/t22-/m0/s1. The number of rotatable bonds is 8. The Morgan fingerprint density at radius 2 is 1.85 bits per heavy atom. The van der Waals surface area contributed by atoms with Crippen molar-refractivity contribution in [3.05, 3.63) is 64.7 Å². The number of aryl methyl sites for hydroxylation is 1. The van der Waals surface area contributed by atoms with Crippen LogP contribution in [-0.4, -0.2) is 49.8 Å². The summed E-state index contributed by atoms with van der Waals surface area (Å²) in [6.07, 6.45) is 3.26. The van der Waals surface area contributed by atoms with Crippen LogP contribution in [0.25, 0.3) is 0 Å². The second-order valence-electron chi connectivity index (χ2n) is 8.66. The molecule has 1 amide bonds. The van der Waals surface area contributed by atoms with Crippen LogP contribution in [0.15, 0.2) is 47.4 Å². The van der Waals surface area contributed by atoms with Gasteiger partial charge in [0.1, 0.15) is 6.29 Å². The van der Waals surface area contributed by atoms with Crippen LogP contribution in [0.2, 0.25) is 0 Å². The fourth-order valence-corrected chi connectivity index (χ4v) is 4.93. The molecule has 0 unspecified atom stereocenters. The number of halogens is 3. The summed E-state index contributed by atoms with van der Waals surface area (Å²) >= 11 is 0. The molecule has 1 aliphatic rings. The Kier molecular flexibility index (Phi) is 7.49. The second kappa shape index (κ2) is 9.85. The molecule has 0 fully saturated rings. The molecule has 34 heavy (non-hydrogen) atoms. The fraction of sp³-hybridized carbons (Fsp3) is 0.391. The van der Waals surface area contributed by atoms with Crippen molar-refractivity contribution in [3.8, 4) is 0 Å². The van der Waals surface area contributed by atoms with Crippen molar-refractivity contribution in [2.24, 2.45) is 5.41 Å². The lowest BCUT2D eigenvalue weighted by molar-refractivity contribution is -0.117. The number of hydroxylamine groups is 1. The van der Waals surface area contributed by atoms with Crippen molar-refractivity contribution >= 4 is 22.0 Å². The third kappa shape index (κ3) is 5.48. The summed E-state index contributed by atoms with van der Waals surface area (Å²) in [4.78, 5) is 24.8. The number of hydrogen-bond acceptors (Lipinski definition) is 6. The first-order valence-corrected chi connectivity index (χ1v) is 12.0. The summed E-state index contributed by atoms with van der Waals surface area (Å²) < 4.78 is 61.0. The van der Waals surface area contributed by atoms with Gasteiger partial charge in [-0.1, -0.05) is 18.2 Å². The molecule has 1 aliphatic carbocycles. The number of carbonyl (C=O) groups is 2. The highest BCUT2D eigenvalue weighted by Gasteiger charge is 2.46. The van der Waals surface area contributed by atoms with Gasteiger partial charge in [-0.25, -0.2) is 13.9 Å². The molecule has 0 saturated carbocycles. The first-order valence-electron chi connectivity index (χ1n) is 10.5. The van der Waals surface area contributed by atoms with Crippen LogP contribution in [0.1, 0.15) is 39.9 Å². The molecule has 184 valence electrons. The van der Waals surface area contributed by atoms with E-state index in [4.69, 9.17) is 5.21 Å². The monoisotopic (exact) mass is 498 g/mol. The molecule has 7 nitrogen and oxygen atoms in total. The van der Waals surface area contributed by atoms with Crippen LogP contribution in [0.5, 0.6) is 0 Å². The zero-order valence-corrected chi connectivity index (χ0v) is 19.2. The van der Waals surface area contributed by atoms with Crippen LogP contribution in [0, 0.1) is 5.41 Å². The molecule has 3 rings (SSSR count). The van der Waals surface area contributed by atoms with E-state index in [9.17, 15) is 31.2 Å². The van der Waals surface area contributed by atoms with Gasteiger partial charge >= 0.3 is 5.51 Å². The van der Waals surface area contributed by atoms with E-state index in [1.54, 1.807) is 23.7 Å². The highest BCUT2D eigenvalue weighted by molar-refractivity contribution is 7.92. The van der Waals surface area contributed by atoms with Gasteiger partial charge in [-0.3, -0.25) is 10.0 Å². The van der Waals surface area contributed by atoms with Crippen LogP contribution in [-0.2, 0) is 34.0 Å². The number of carbonyl (C=O) groups excluding carboxylic acids is 2. The van der Waals surface area contributed by atoms with E-state index in [0.29, 0.717) is 49.9 Å². The Hall–Kier alpha value is -2.76. The number of nitrogens with one attached hydrogen (secondary N) is 1. The molecule has 0 radical (unpaired) electrons. The SMILES string of the molecule is CN(CC[C@@]1(C=O)CCc2cc(C(=O)NO)ccc2C1)Cc1ccc(S(=O)(=O)C(F)(F)F)cc1. The average molecular weight is 499 g/mol. The number of hydrogen-bond donors (Lipinski definition) is 2. The summed E-state index contributed by atoms with van der Waals surface area (Å²) in [5.74, 6) is -0.597. The van der Waals surface area contributed by atoms with Crippen molar-refractivity contribution < 1.29 is 36.4 Å². The number of sulfone groups is 1. The zero-order chi connectivity index (χ0) is 25.1. The van der Waals surface area contributed by atoms with Gasteiger partial charge < -0.3 is 9.69 Å². The van der Waals surface area contributed by atoms with Gasteiger partial charge in [0, 0.05) is 17.5 Å². The minimum absolute atomic E-state index is 0.341. The van der Waals surface area contributed by atoms with Crippen LogP contribution >= 0.6 is 0 Å². The van der Waals surface area contributed by atoms with Gasteiger partial charge in [-0.2, -0.15) is 13.2 Å². The van der Waals surface area contributed by atoms with Gasteiger partial charge in [0.15, 0.2) is 0 Å². The number of alkyl halides is 3. The second-order valence-corrected chi connectivity index (χ2v) is 10.6. The maximum Gasteiger partial charge on any atom is 0.501 e. The molecule has 2 N–H and O–H groups in total. The molecule has 0 spiro atoms. The van der Waals surface area contributed by atoms with Crippen molar-refractivity contribution in [1.82, 2.24) is 10.4 Å². The summed E-state index contributed by atoms with van der Waals surface area (Å²) in [6.45, 7) is 0.916. The zero-order valence-electron chi connectivity index (χ0n) is 18.4. The van der Waals surface area contributed by atoms with Gasteiger partial charge in [0.2, 0.25) is 0 Å². The molecule has 1 atom stereocenters. The molecular weight excluding hydrogens is 473 g/mol. The van der Waals surface area contributed by atoms with Gasteiger partial charge in [0.05, 0.1) is 4.90 Å². The van der Waals surface area contributed by atoms with Gasteiger partial charge in [0.25, 0.3) is 15.7 Å². The van der Waals surface area contributed by atoms with Crippen molar-refractivity contribution in [2.75, 3.05) is 13.6 Å². The summed E-state index contributed by atoms with van der Waals surface area (Å²) in [7, 11) is -3.56. The average Bonchev–Trinajstić information content (AvgIpc) is 2.81. The third-order valence-electron chi connectivity index (χ3n) is 6.24. The Labute approximate surface area is 195 Å². The minimum atomic E-state index is -5.38. The lowest BCUT2D eigenvalue weighted by Crippen LogP contribution is -2.35. The van der Waals surface area contributed by atoms with Crippen molar-refractivity contribution in [3.63, 3.8) is 0 Å². The highest BCUT2D eigenvalue weighted by Crippen LogP contribution is 2.37. The first-order chi connectivity index (χ1) is 15.9. The predicted molar refractivity (Wildman–Crippen MR) is 117 cm³/mol. The van der Waals surface area contributed by atoms with E-state index in [2.05, 4.69) is 0 Å². The fourth-order valence-electron chi connectivity index (χ4n) is 4.17. The van der Waals surface area contributed by atoms with Crippen molar-refractivity contribution in [2.45, 2.75) is 42.6 Å². The highest BCUT2D eigenvalue weighted by atomic mass is 32.2. The van der Waals surface area contributed by atoms with Crippen molar-refractivity contribution in [1.29, 1.82) is 0 Å². The number of benzene rings is 2.